The summed E-state index contributed by atoms with van der Waals surface area (Å²) in [5, 5.41) is 0. The molecule has 1 aromatic rings. The molecule has 0 bridgehead atoms. The van der Waals surface area contributed by atoms with Crippen LogP contribution in [0.4, 0.5) is 14.5 Å². The minimum absolute atomic E-state index is 0.0514. The van der Waals surface area contributed by atoms with Gasteiger partial charge in [-0.2, -0.15) is 0 Å². The zero-order valence-corrected chi connectivity index (χ0v) is 12.5. The molecule has 0 aliphatic heterocycles. The van der Waals surface area contributed by atoms with E-state index in [1.54, 1.807) is 0 Å². The second-order valence-electron chi connectivity index (χ2n) is 5.26. The fourth-order valence-electron chi connectivity index (χ4n) is 1.93. The Morgan fingerprint density at radius 2 is 1.79 bits per heavy atom. The van der Waals surface area contributed by atoms with Crippen LogP contribution in [-0.2, 0) is 0 Å². The van der Waals surface area contributed by atoms with Crippen LogP contribution in [0.5, 0.6) is 0 Å². The highest BCUT2D eigenvalue weighted by atomic mass is 32.1. The first-order valence-electron chi connectivity index (χ1n) is 6.30. The van der Waals surface area contributed by atoms with Gasteiger partial charge in [0.2, 0.25) is 0 Å². The van der Waals surface area contributed by atoms with Crippen LogP contribution in [0, 0.1) is 17.6 Å². The summed E-state index contributed by atoms with van der Waals surface area (Å²) >= 11 is 4.70. The Morgan fingerprint density at radius 1 is 1.21 bits per heavy atom. The fourth-order valence-corrected chi connectivity index (χ4v) is 2.09. The summed E-state index contributed by atoms with van der Waals surface area (Å²) in [6, 6.07) is 3.05. The van der Waals surface area contributed by atoms with Gasteiger partial charge in [0.25, 0.3) is 0 Å². The van der Waals surface area contributed by atoms with Crippen molar-refractivity contribution in [3.05, 3.63) is 29.3 Å². The van der Waals surface area contributed by atoms with Gasteiger partial charge in [-0.25, -0.2) is 8.78 Å². The Kier molecular flexibility index (Phi) is 5.23. The molecule has 0 saturated heterocycles. The second kappa shape index (κ2) is 6.28. The number of halogens is 2. The lowest BCUT2D eigenvalue weighted by Gasteiger charge is -2.31. The minimum atomic E-state index is -0.973. The normalized spacial score (nSPS) is 11.2. The van der Waals surface area contributed by atoms with E-state index in [0.717, 1.165) is 0 Å². The molecule has 1 rings (SSSR count). The van der Waals surface area contributed by atoms with Gasteiger partial charge < -0.3 is 10.6 Å². The summed E-state index contributed by atoms with van der Waals surface area (Å²) in [7, 11) is 0. The van der Waals surface area contributed by atoms with Crippen molar-refractivity contribution in [3.63, 3.8) is 0 Å². The van der Waals surface area contributed by atoms with E-state index in [1.807, 2.05) is 32.6 Å². The van der Waals surface area contributed by atoms with Crippen molar-refractivity contribution in [1.82, 2.24) is 0 Å². The molecule has 0 spiro atoms. The molecule has 0 fully saturated rings. The maximum atomic E-state index is 14.2. The molecule has 106 valence electrons. The van der Waals surface area contributed by atoms with Crippen LogP contribution in [-0.4, -0.2) is 17.6 Å². The number of nitrogens with zero attached hydrogens (tertiary/aromatic N) is 1. The number of anilines is 1. The first kappa shape index (κ1) is 15.8. The van der Waals surface area contributed by atoms with Gasteiger partial charge in [-0.05, 0) is 31.9 Å². The van der Waals surface area contributed by atoms with Crippen LogP contribution < -0.4 is 10.6 Å². The van der Waals surface area contributed by atoms with E-state index >= 15 is 0 Å². The molecule has 5 heteroatoms. The van der Waals surface area contributed by atoms with E-state index in [-0.39, 0.29) is 22.3 Å². The summed E-state index contributed by atoms with van der Waals surface area (Å²) in [5.41, 5.74) is 5.56. The maximum absolute atomic E-state index is 14.2. The second-order valence-corrected chi connectivity index (χ2v) is 5.70. The molecule has 1 aromatic carbocycles. The standard InChI is InChI=1S/C14H20F2N2S/c1-8(2)7-18(9(3)4)11-6-5-10(14(17)19)12(15)13(11)16/h5-6,8-9H,7H2,1-4H3,(H2,17,19). The van der Waals surface area contributed by atoms with Crippen molar-refractivity contribution in [3.8, 4) is 0 Å². The molecule has 0 aliphatic carbocycles. The zero-order chi connectivity index (χ0) is 14.7. The molecular weight excluding hydrogens is 266 g/mol. The van der Waals surface area contributed by atoms with Gasteiger partial charge in [-0.1, -0.05) is 26.1 Å². The highest BCUT2D eigenvalue weighted by molar-refractivity contribution is 7.80. The summed E-state index contributed by atoms with van der Waals surface area (Å²) in [4.78, 5) is 1.70. The lowest BCUT2D eigenvalue weighted by atomic mass is 10.1. The molecule has 0 aromatic heterocycles. The van der Waals surface area contributed by atoms with E-state index in [0.29, 0.717) is 12.5 Å². The van der Waals surface area contributed by atoms with Crippen molar-refractivity contribution in [2.45, 2.75) is 33.7 Å². The van der Waals surface area contributed by atoms with Crippen molar-refractivity contribution in [1.29, 1.82) is 0 Å². The maximum Gasteiger partial charge on any atom is 0.182 e. The Bertz CT molecular complexity index is 473. The van der Waals surface area contributed by atoms with E-state index in [2.05, 4.69) is 0 Å². The van der Waals surface area contributed by atoms with E-state index in [4.69, 9.17) is 18.0 Å². The van der Waals surface area contributed by atoms with Crippen molar-refractivity contribution in [2.75, 3.05) is 11.4 Å². The van der Waals surface area contributed by atoms with Crippen LogP contribution in [0.15, 0.2) is 12.1 Å². The Labute approximate surface area is 118 Å². The number of rotatable bonds is 5. The van der Waals surface area contributed by atoms with Crippen molar-refractivity contribution >= 4 is 22.9 Å². The van der Waals surface area contributed by atoms with Crippen LogP contribution in [0.3, 0.4) is 0 Å². The third kappa shape index (κ3) is 3.62. The van der Waals surface area contributed by atoms with Gasteiger partial charge in [-0.3, -0.25) is 0 Å². The first-order valence-corrected chi connectivity index (χ1v) is 6.71. The molecule has 0 saturated carbocycles. The third-order valence-corrected chi connectivity index (χ3v) is 3.04. The number of nitrogens with two attached hydrogens (primary N) is 1. The lowest BCUT2D eigenvalue weighted by molar-refractivity contribution is 0.493. The quantitative estimate of drug-likeness (QED) is 0.840. The lowest BCUT2D eigenvalue weighted by Crippen LogP contribution is -2.35. The number of hydrogen-bond donors (Lipinski definition) is 1. The molecule has 2 nitrogen and oxygen atoms in total. The average molecular weight is 286 g/mol. The first-order chi connectivity index (χ1) is 8.75. The number of thiocarbonyl (C=S) groups is 1. The average Bonchev–Trinajstić information content (AvgIpc) is 2.29. The van der Waals surface area contributed by atoms with Crippen LogP contribution >= 0.6 is 12.2 Å². The van der Waals surface area contributed by atoms with Crippen LogP contribution in [0.25, 0.3) is 0 Å². The molecule has 0 radical (unpaired) electrons. The fraction of sp³-hybridized carbons (Fsp3) is 0.500. The summed E-state index contributed by atoms with van der Waals surface area (Å²) < 4.78 is 28.1. The SMILES string of the molecule is CC(C)CN(c1ccc(C(N)=S)c(F)c1F)C(C)C. The topological polar surface area (TPSA) is 29.3 Å². The van der Waals surface area contributed by atoms with Gasteiger partial charge in [0.1, 0.15) is 4.99 Å². The third-order valence-electron chi connectivity index (χ3n) is 2.82. The smallest absolute Gasteiger partial charge is 0.182 e. The molecule has 2 N–H and O–H groups in total. The Balaban J connectivity index is 3.26. The highest BCUT2D eigenvalue weighted by Crippen LogP contribution is 2.26. The Hall–Kier alpha value is -1.23. The molecule has 0 aliphatic rings. The molecule has 0 amide bonds. The molecule has 0 atom stereocenters. The summed E-state index contributed by atoms with van der Waals surface area (Å²) in [5.74, 6) is -1.51. The Morgan fingerprint density at radius 3 is 2.21 bits per heavy atom. The largest absolute Gasteiger partial charge is 0.389 e. The predicted octanol–water partition coefficient (Wildman–Crippen LogP) is 3.47. The van der Waals surface area contributed by atoms with Gasteiger partial charge >= 0.3 is 0 Å². The highest BCUT2D eigenvalue weighted by Gasteiger charge is 2.21. The molecule has 19 heavy (non-hydrogen) atoms. The summed E-state index contributed by atoms with van der Waals surface area (Å²) in [6.45, 7) is 8.61. The van der Waals surface area contributed by atoms with Gasteiger partial charge in [0.05, 0.1) is 5.69 Å². The predicted molar refractivity (Wildman–Crippen MR) is 79.6 cm³/mol. The molecular formula is C14H20F2N2S. The van der Waals surface area contributed by atoms with Crippen molar-refractivity contribution < 1.29 is 8.78 Å². The van der Waals surface area contributed by atoms with E-state index < -0.39 is 11.6 Å². The number of benzene rings is 1. The molecule has 0 unspecified atom stereocenters. The van der Waals surface area contributed by atoms with E-state index in [1.165, 1.54) is 12.1 Å². The summed E-state index contributed by atoms with van der Waals surface area (Å²) in [6.07, 6.45) is 0. The van der Waals surface area contributed by atoms with Crippen molar-refractivity contribution in [2.24, 2.45) is 11.7 Å². The van der Waals surface area contributed by atoms with Gasteiger partial charge in [0.15, 0.2) is 11.6 Å². The van der Waals surface area contributed by atoms with E-state index in [9.17, 15) is 8.78 Å². The monoisotopic (exact) mass is 286 g/mol. The number of hydrogen-bond acceptors (Lipinski definition) is 2. The van der Waals surface area contributed by atoms with Gasteiger partial charge in [0, 0.05) is 18.2 Å². The zero-order valence-electron chi connectivity index (χ0n) is 11.7. The van der Waals surface area contributed by atoms with Crippen LogP contribution in [0.2, 0.25) is 0 Å². The minimum Gasteiger partial charge on any atom is -0.389 e. The molecule has 0 heterocycles. The van der Waals surface area contributed by atoms with Gasteiger partial charge in [-0.15, -0.1) is 0 Å². The van der Waals surface area contributed by atoms with Crippen LogP contribution in [0.1, 0.15) is 33.3 Å².